The van der Waals surface area contributed by atoms with Crippen molar-refractivity contribution in [2.24, 2.45) is 0 Å². The molecule has 0 spiro atoms. The molecule has 12 rings (SSSR count). The standard InChI is InChI=1S/C50H26N4O2/c51-27-29-11-9-17-34(49(29)54-41-19-6-2-15-36(41)48-43(54)24-23-35-32-13-3-8-22-46(32)56-50(35)48)30-16-10-20-42(39(30)28-52)53-40-18-5-1-12-31(40)37-26-47-38(25-44(37)53)33-14-4-7-21-45(33)55-47/h1-26H. The van der Waals surface area contributed by atoms with Crippen LogP contribution in [-0.4, -0.2) is 9.13 Å². The van der Waals surface area contributed by atoms with Crippen molar-refractivity contribution in [2.75, 3.05) is 0 Å². The van der Waals surface area contributed by atoms with Crippen molar-refractivity contribution in [2.45, 2.75) is 0 Å². The first-order valence-corrected chi connectivity index (χ1v) is 18.5. The molecule has 0 fully saturated rings. The van der Waals surface area contributed by atoms with Gasteiger partial charge in [-0.25, -0.2) is 0 Å². The topological polar surface area (TPSA) is 83.7 Å². The molecule has 0 bridgehead atoms. The van der Waals surface area contributed by atoms with Crippen molar-refractivity contribution in [3.05, 3.63) is 169 Å². The number of aromatic nitrogens is 2. The van der Waals surface area contributed by atoms with E-state index in [-0.39, 0.29) is 0 Å². The monoisotopic (exact) mass is 714 g/mol. The molecule has 0 saturated carbocycles. The van der Waals surface area contributed by atoms with Crippen LogP contribution in [0.2, 0.25) is 0 Å². The third kappa shape index (κ3) is 3.97. The number of hydrogen-bond donors (Lipinski definition) is 0. The molecule has 12 aromatic rings. The summed E-state index contributed by atoms with van der Waals surface area (Å²) in [5, 5.41) is 30.2. The van der Waals surface area contributed by atoms with Gasteiger partial charge in [0.25, 0.3) is 0 Å². The van der Waals surface area contributed by atoms with Crippen molar-refractivity contribution in [3.8, 4) is 34.6 Å². The molecular formula is C50H26N4O2. The van der Waals surface area contributed by atoms with E-state index in [0.29, 0.717) is 16.8 Å². The maximum atomic E-state index is 11.2. The fraction of sp³-hybridized carbons (Fsp3) is 0. The number of rotatable bonds is 3. The molecule has 8 aromatic carbocycles. The van der Waals surface area contributed by atoms with Crippen LogP contribution in [-0.2, 0) is 0 Å². The van der Waals surface area contributed by atoms with Crippen LogP contribution in [0.25, 0.3) is 110 Å². The SMILES string of the molecule is N#Cc1cccc(-c2cccc(-n3c4ccccc4c4cc5oc6ccccc6c5cc43)c2C#N)c1-n1c2ccccc2c2c3oc4ccccc4c3ccc21. The molecular weight excluding hydrogens is 689 g/mol. The molecule has 4 heterocycles. The van der Waals surface area contributed by atoms with E-state index in [0.717, 1.165) is 104 Å². The summed E-state index contributed by atoms with van der Waals surface area (Å²) in [7, 11) is 0. The van der Waals surface area contributed by atoms with E-state index in [4.69, 9.17) is 8.83 Å². The average Bonchev–Trinajstić information content (AvgIpc) is 3.99. The lowest BCUT2D eigenvalue weighted by Crippen LogP contribution is -2.04. The van der Waals surface area contributed by atoms with Gasteiger partial charge in [-0.1, -0.05) is 97.1 Å². The van der Waals surface area contributed by atoms with E-state index >= 15 is 0 Å². The van der Waals surface area contributed by atoms with Crippen molar-refractivity contribution in [1.29, 1.82) is 10.5 Å². The van der Waals surface area contributed by atoms with Gasteiger partial charge >= 0.3 is 0 Å². The van der Waals surface area contributed by atoms with Gasteiger partial charge in [-0.3, -0.25) is 0 Å². The minimum atomic E-state index is 0.496. The van der Waals surface area contributed by atoms with Gasteiger partial charge in [0.15, 0.2) is 0 Å². The first kappa shape index (κ1) is 30.4. The van der Waals surface area contributed by atoms with Crippen LogP contribution in [0.4, 0.5) is 0 Å². The molecule has 56 heavy (non-hydrogen) atoms. The lowest BCUT2D eigenvalue weighted by atomic mass is 9.94. The number of fused-ring (bicyclic) bond motifs is 13. The van der Waals surface area contributed by atoms with Crippen LogP contribution >= 0.6 is 0 Å². The average molecular weight is 715 g/mol. The van der Waals surface area contributed by atoms with E-state index < -0.39 is 0 Å². The van der Waals surface area contributed by atoms with E-state index in [2.05, 4.69) is 81.9 Å². The summed E-state index contributed by atoms with van der Waals surface area (Å²) in [5.74, 6) is 0. The third-order valence-corrected chi connectivity index (χ3v) is 11.4. The highest BCUT2D eigenvalue weighted by Crippen LogP contribution is 2.45. The summed E-state index contributed by atoms with van der Waals surface area (Å²) in [6, 6.07) is 58.2. The van der Waals surface area contributed by atoms with Crippen LogP contribution in [0.15, 0.2) is 167 Å². The molecule has 0 saturated heterocycles. The van der Waals surface area contributed by atoms with Crippen LogP contribution in [0, 0.1) is 22.7 Å². The Morgan fingerprint density at radius 1 is 0.411 bits per heavy atom. The second kappa shape index (κ2) is 11.2. The molecule has 0 atom stereocenters. The summed E-state index contributed by atoms with van der Waals surface area (Å²) in [6.07, 6.45) is 0. The largest absolute Gasteiger partial charge is 0.456 e. The van der Waals surface area contributed by atoms with Crippen molar-refractivity contribution >= 4 is 87.5 Å². The summed E-state index contributed by atoms with van der Waals surface area (Å²) in [6.45, 7) is 0. The maximum absolute atomic E-state index is 11.2. The minimum Gasteiger partial charge on any atom is -0.456 e. The van der Waals surface area contributed by atoms with Gasteiger partial charge in [0.1, 0.15) is 34.5 Å². The Labute approximate surface area is 318 Å². The summed E-state index contributed by atoms with van der Waals surface area (Å²) < 4.78 is 17.3. The predicted molar refractivity (Wildman–Crippen MR) is 225 cm³/mol. The van der Waals surface area contributed by atoms with Crippen molar-refractivity contribution in [1.82, 2.24) is 9.13 Å². The number of benzene rings is 8. The molecule has 0 unspecified atom stereocenters. The van der Waals surface area contributed by atoms with E-state index in [9.17, 15) is 10.5 Å². The Morgan fingerprint density at radius 3 is 1.86 bits per heavy atom. The second-order valence-corrected chi connectivity index (χ2v) is 14.2. The zero-order valence-electron chi connectivity index (χ0n) is 29.6. The summed E-state index contributed by atoms with van der Waals surface area (Å²) >= 11 is 0. The lowest BCUT2D eigenvalue weighted by molar-refractivity contribution is 0.669. The normalized spacial score (nSPS) is 11.9. The Kier molecular flexibility index (Phi) is 6.10. The molecule has 6 nitrogen and oxygen atoms in total. The molecule has 0 aliphatic carbocycles. The highest BCUT2D eigenvalue weighted by atomic mass is 16.3. The molecule has 0 amide bonds. The van der Waals surface area contributed by atoms with Gasteiger partial charge in [0, 0.05) is 48.8 Å². The number of furan rings is 2. The van der Waals surface area contributed by atoms with E-state index in [1.54, 1.807) is 0 Å². The zero-order valence-corrected chi connectivity index (χ0v) is 29.6. The second-order valence-electron chi connectivity index (χ2n) is 14.2. The summed E-state index contributed by atoms with van der Waals surface area (Å²) in [4.78, 5) is 0. The Morgan fingerprint density at radius 2 is 1.07 bits per heavy atom. The van der Waals surface area contributed by atoms with Gasteiger partial charge in [0.2, 0.25) is 0 Å². The van der Waals surface area contributed by atoms with Gasteiger partial charge in [-0.2, -0.15) is 10.5 Å². The Bertz CT molecular complexity index is 3750. The van der Waals surface area contributed by atoms with Crippen LogP contribution in [0.1, 0.15) is 11.1 Å². The maximum Gasteiger partial charge on any atom is 0.145 e. The first-order valence-electron chi connectivity index (χ1n) is 18.5. The van der Waals surface area contributed by atoms with Crippen LogP contribution in [0.5, 0.6) is 0 Å². The number of para-hydroxylation sites is 5. The number of nitrogens with zero attached hydrogens (tertiary/aromatic N) is 4. The fourth-order valence-electron chi connectivity index (χ4n) is 9.08. The highest BCUT2D eigenvalue weighted by molar-refractivity contribution is 6.24. The molecule has 0 aliphatic heterocycles. The van der Waals surface area contributed by atoms with Gasteiger partial charge in [-0.05, 0) is 60.7 Å². The van der Waals surface area contributed by atoms with Crippen LogP contribution in [0.3, 0.4) is 0 Å². The van der Waals surface area contributed by atoms with Crippen LogP contribution < -0.4 is 0 Å². The zero-order chi connectivity index (χ0) is 37.1. The quantitative estimate of drug-likeness (QED) is 0.182. The first-order chi connectivity index (χ1) is 27.7. The molecule has 4 aromatic heterocycles. The Hall–Kier alpha value is -8.06. The minimum absolute atomic E-state index is 0.496. The summed E-state index contributed by atoms with van der Waals surface area (Å²) in [5.41, 5.74) is 11.1. The lowest BCUT2D eigenvalue weighted by Gasteiger charge is -2.18. The van der Waals surface area contributed by atoms with Gasteiger partial charge < -0.3 is 18.0 Å². The van der Waals surface area contributed by atoms with Gasteiger partial charge in [-0.15, -0.1) is 0 Å². The molecule has 0 aliphatic rings. The number of nitriles is 2. The predicted octanol–water partition coefficient (Wildman–Crippen LogP) is 13.1. The highest BCUT2D eigenvalue weighted by Gasteiger charge is 2.25. The number of hydrogen-bond acceptors (Lipinski definition) is 4. The molecule has 6 heteroatoms. The van der Waals surface area contributed by atoms with Gasteiger partial charge in [0.05, 0.1) is 50.0 Å². The smallest absolute Gasteiger partial charge is 0.145 e. The van der Waals surface area contributed by atoms with E-state index in [1.807, 2.05) is 97.1 Å². The van der Waals surface area contributed by atoms with E-state index in [1.165, 1.54) is 0 Å². The fourth-order valence-corrected chi connectivity index (χ4v) is 9.08. The Balaban J connectivity index is 1.17. The third-order valence-electron chi connectivity index (χ3n) is 11.4. The molecule has 0 N–H and O–H groups in total. The van der Waals surface area contributed by atoms with Crippen molar-refractivity contribution in [3.63, 3.8) is 0 Å². The molecule has 258 valence electrons. The van der Waals surface area contributed by atoms with Crippen molar-refractivity contribution < 1.29 is 8.83 Å². The molecule has 0 radical (unpaired) electrons.